The summed E-state index contributed by atoms with van der Waals surface area (Å²) in [5.74, 6) is 0.698. The number of thioether (sulfide) groups is 2. The summed E-state index contributed by atoms with van der Waals surface area (Å²) in [5, 5.41) is 37.0. The van der Waals surface area contributed by atoms with Gasteiger partial charge in [0.05, 0.1) is 32.0 Å². The fourth-order valence-corrected chi connectivity index (χ4v) is 10.0. The molecule has 0 bridgehead atoms. The molecule has 0 aliphatic carbocycles. The summed E-state index contributed by atoms with van der Waals surface area (Å²) in [7, 11) is 0.119. The Kier molecular flexibility index (Phi) is 15.6. The van der Waals surface area contributed by atoms with E-state index in [1.807, 2.05) is 52.0 Å². The Hall–Kier alpha value is -2.68. The summed E-state index contributed by atoms with van der Waals surface area (Å²) in [4.78, 5) is 32.9. The number of aliphatic hydroxyl groups is 3. The minimum Gasteiger partial charge on any atom is -0.497 e. The molecule has 314 valence electrons. The first-order valence-electron chi connectivity index (χ1n) is 18.7. The lowest BCUT2D eigenvalue weighted by molar-refractivity contribution is -0.165. The van der Waals surface area contributed by atoms with Crippen LogP contribution < -0.4 is 15.4 Å². The van der Waals surface area contributed by atoms with E-state index in [1.54, 1.807) is 27.9 Å². The second-order valence-electron chi connectivity index (χ2n) is 17.3. The van der Waals surface area contributed by atoms with Gasteiger partial charge in [0.2, 0.25) is 0 Å². The number of amides is 2. The molecule has 11 atom stereocenters. The Labute approximate surface area is 339 Å². The molecular weight excluding hydrogens is 781 g/mol. The Morgan fingerprint density at radius 1 is 0.911 bits per heavy atom. The zero-order valence-electron chi connectivity index (χ0n) is 34.2. The van der Waals surface area contributed by atoms with Crippen molar-refractivity contribution in [3.8, 4) is 5.75 Å². The highest BCUT2D eigenvalue weighted by Crippen LogP contribution is 2.42. The fraction of sp³-hybridized carbons (Fsp3) is 0.684. The van der Waals surface area contributed by atoms with Gasteiger partial charge in [0.25, 0.3) is 0 Å². The number of benzene rings is 1. The first kappa shape index (κ1) is 46.0. The Morgan fingerprint density at radius 3 is 1.91 bits per heavy atom. The molecular formula is C38H60N4O11S2Si. The van der Waals surface area contributed by atoms with Gasteiger partial charge in [-0.25, -0.2) is 9.59 Å². The van der Waals surface area contributed by atoms with E-state index in [0.29, 0.717) is 16.9 Å². The topological polar surface area (TPSA) is 199 Å². The number of aliphatic imine (C=N–C) groups is 2. The molecule has 18 heteroatoms. The number of hydrogen-bond acceptors (Lipinski definition) is 15. The van der Waals surface area contributed by atoms with Crippen LogP contribution in [0.1, 0.15) is 54.0 Å². The van der Waals surface area contributed by atoms with Crippen LogP contribution in [0.5, 0.6) is 5.75 Å². The quantitative estimate of drug-likeness (QED) is 0.168. The average molecular weight is 841 g/mol. The number of ether oxygens (including phenoxy) is 6. The van der Waals surface area contributed by atoms with Crippen LogP contribution in [0.3, 0.4) is 0 Å². The average Bonchev–Trinajstić information content (AvgIpc) is 3.66. The SMILES string of the molecule is C=C[C@H]1O[C@@H]2SC(NC(=O)OC(C)(C)C)=N[C@@H]2[C@@H](O)[C@@H]1O.COc1ccc(CO[C@H]2[C@H](C)[C@@H](C(O)C[Si](C)(C)C)O[C@@H]3SC(NC(=O)OC(C)(C)C)=N[C@H]23)cc1. The summed E-state index contributed by atoms with van der Waals surface area (Å²) in [6, 6.07) is 7.54. The molecule has 4 aliphatic rings. The van der Waals surface area contributed by atoms with E-state index in [1.165, 1.54) is 29.6 Å². The molecule has 2 saturated heterocycles. The first-order valence-corrected chi connectivity index (χ1v) is 24.1. The highest BCUT2D eigenvalue weighted by atomic mass is 32.2. The van der Waals surface area contributed by atoms with Gasteiger partial charge >= 0.3 is 12.2 Å². The van der Waals surface area contributed by atoms with Crippen molar-refractivity contribution in [2.24, 2.45) is 15.9 Å². The van der Waals surface area contributed by atoms with E-state index in [9.17, 15) is 24.9 Å². The van der Waals surface area contributed by atoms with Crippen LogP contribution >= 0.6 is 23.5 Å². The number of fused-ring (bicyclic) bond motifs is 2. The van der Waals surface area contributed by atoms with Crippen molar-refractivity contribution in [3.05, 3.63) is 42.5 Å². The zero-order valence-corrected chi connectivity index (χ0v) is 36.8. The largest absolute Gasteiger partial charge is 0.497 e. The number of methoxy groups -OCH3 is 1. The van der Waals surface area contributed by atoms with Crippen LogP contribution in [0.4, 0.5) is 9.59 Å². The summed E-state index contributed by atoms with van der Waals surface area (Å²) in [5.41, 5.74) is -1.04. The van der Waals surface area contributed by atoms with Gasteiger partial charge in [0, 0.05) is 14.0 Å². The number of alkyl carbamates (subject to hydrolysis) is 2. The van der Waals surface area contributed by atoms with Gasteiger partial charge in [-0.1, -0.05) is 68.3 Å². The molecule has 2 fully saturated rings. The second kappa shape index (κ2) is 18.9. The summed E-state index contributed by atoms with van der Waals surface area (Å²) in [6.45, 7) is 23.4. The van der Waals surface area contributed by atoms with Crippen LogP contribution in [0.25, 0.3) is 0 Å². The number of aliphatic hydroxyl groups excluding tert-OH is 3. The molecule has 4 heterocycles. The predicted molar refractivity (Wildman–Crippen MR) is 221 cm³/mol. The summed E-state index contributed by atoms with van der Waals surface area (Å²) in [6.07, 6.45) is -3.83. The van der Waals surface area contributed by atoms with E-state index in [-0.39, 0.29) is 29.6 Å². The maximum atomic E-state index is 12.3. The molecule has 0 aromatic heterocycles. The molecule has 4 aliphatic heterocycles. The van der Waals surface area contributed by atoms with E-state index in [2.05, 4.69) is 41.8 Å². The lowest BCUT2D eigenvalue weighted by Gasteiger charge is -2.44. The number of nitrogens with zero attached hydrogens (tertiary/aromatic N) is 2. The van der Waals surface area contributed by atoms with Crippen molar-refractivity contribution in [1.82, 2.24) is 10.6 Å². The van der Waals surface area contributed by atoms with Crippen molar-refractivity contribution in [3.63, 3.8) is 0 Å². The lowest BCUT2D eigenvalue weighted by atomic mass is 9.87. The summed E-state index contributed by atoms with van der Waals surface area (Å²) >= 11 is 2.51. The maximum Gasteiger partial charge on any atom is 0.413 e. The minimum atomic E-state index is -1.52. The number of amidine groups is 2. The number of carbonyl (C=O) groups is 2. The van der Waals surface area contributed by atoms with Crippen molar-refractivity contribution in [1.29, 1.82) is 0 Å². The Bertz CT molecular complexity index is 1580. The lowest BCUT2D eigenvalue weighted by Crippen LogP contribution is -2.55. The molecule has 1 aromatic rings. The third-order valence-corrected chi connectivity index (χ3v) is 12.5. The molecule has 5 rings (SSSR count). The van der Waals surface area contributed by atoms with Crippen molar-refractivity contribution < 1.29 is 53.3 Å². The zero-order chi connectivity index (χ0) is 41.7. The molecule has 0 radical (unpaired) electrons. The molecule has 0 spiro atoms. The number of hydrogen-bond donors (Lipinski definition) is 5. The molecule has 1 aromatic carbocycles. The third-order valence-electron chi connectivity index (χ3n) is 8.79. The van der Waals surface area contributed by atoms with Crippen LogP contribution in [0, 0.1) is 5.92 Å². The van der Waals surface area contributed by atoms with Gasteiger partial charge in [0.1, 0.15) is 58.2 Å². The highest BCUT2D eigenvalue weighted by molar-refractivity contribution is 8.14. The number of carbonyl (C=O) groups excluding carboxylic acids is 2. The smallest absolute Gasteiger partial charge is 0.413 e. The number of rotatable bonds is 8. The normalized spacial score (nSPS) is 30.6. The molecule has 56 heavy (non-hydrogen) atoms. The monoisotopic (exact) mass is 840 g/mol. The van der Waals surface area contributed by atoms with Crippen LogP contribution in [-0.2, 0) is 30.3 Å². The van der Waals surface area contributed by atoms with E-state index in [0.717, 1.165) is 17.4 Å². The van der Waals surface area contributed by atoms with E-state index < -0.39 is 67.4 Å². The fourth-order valence-electron chi connectivity index (χ4n) is 6.35. The van der Waals surface area contributed by atoms with Gasteiger partial charge in [-0.3, -0.25) is 20.6 Å². The van der Waals surface area contributed by atoms with Crippen molar-refractivity contribution in [2.45, 2.75) is 152 Å². The van der Waals surface area contributed by atoms with Gasteiger partial charge in [0.15, 0.2) is 10.3 Å². The first-order chi connectivity index (χ1) is 26.0. The van der Waals surface area contributed by atoms with Crippen LogP contribution in [0.2, 0.25) is 25.7 Å². The number of nitrogens with one attached hydrogen (secondary N) is 2. The Morgan fingerprint density at radius 2 is 1.43 bits per heavy atom. The van der Waals surface area contributed by atoms with Crippen LogP contribution in [0.15, 0.2) is 46.9 Å². The van der Waals surface area contributed by atoms with Gasteiger partial charge in [-0.2, -0.15) is 0 Å². The van der Waals surface area contributed by atoms with E-state index in [4.69, 9.17) is 33.4 Å². The van der Waals surface area contributed by atoms with Crippen molar-refractivity contribution in [2.75, 3.05) is 7.11 Å². The summed E-state index contributed by atoms with van der Waals surface area (Å²) < 4.78 is 34.2. The van der Waals surface area contributed by atoms with Gasteiger partial charge in [-0.15, -0.1) is 6.58 Å². The molecule has 1 unspecified atom stereocenters. The van der Waals surface area contributed by atoms with Crippen molar-refractivity contribution >= 4 is 54.1 Å². The highest BCUT2D eigenvalue weighted by Gasteiger charge is 2.51. The molecule has 15 nitrogen and oxygen atoms in total. The van der Waals surface area contributed by atoms with Gasteiger partial charge < -0.3 is 43.7 Å². The second-order valence-corrected chi connectivity index (χ2v) is 25.0. The molecule has 5 N–H and O–H groups in total. The van der Waals surface area contributed by atoms with Gasteiger partial charge in [-0.05, 0) is 65.3 Å². The van der Waals surface area contributed by atoms with Crippen LogP contribution in [-0.4, -0.2) is 124 Å². The predicted octanol–water partition coefficient (Wildman–Crippen LogP) is 5.25. The van der Waals surface area contributed by atoms with E-state index >= 15 is 0 Å². The Balaban J connectivity index is 0.000000282. The third kappa shape index (κ3) is 13.2. The minimum absolute atomic E-state index is 0.0916. The molecule has 2 amide bonds. The molecule has 0 saturated carbocycles. The standard InChI is InChI=1S/C25H40N2O6SSi.C13H20N2O5S/c1-15-20(18(28)14-35(6,7)8)32-22-19(26-23(34-22)27-24(29)33-25(2,3)4)21(15)31-13-16-9-11-17(30-5)12-10-16;1-5-6-8(16)9(17)7-10(19-6)21-11(14-7)15-12(18)20-13(2,3)4/h9-12,15,18-22,28H,13-14H2,1-8H3,(H,26,27,29);5-10,16-17H,1H2,2-4H3,(H,14,15,18)/t15-,18?,19-,20+,21+,22-;6-,7-,8-,9-,10-/m11/s1. The maximum absolute atomic E-state index is 12.3.